The predicted octanol–water partition coefficient (Wildman–Crippen LogP) is 3.91. The molecule has 3 aromatic heterocycles. The van der Waals surface area contributed by atoms with Crippen LogP contribution in [0.2, 0.25) is 0 Å². The maximum atomic E-state index is 12.5. The monoisotopic (exact) mass is 450 g/mol. The van der Waals surface area contributed by atoms with E-state index >= 15 is 0 Å². The Balaban J connectivity index is 0.000000401. The van der Waals surface area contributed by atoms with Crippen molar-refractivity contribution in [1.82, 2.24) is 24.8 Å². The number of hydrogen-bond acceptors (Lipinski definition) is 5. The fourth-order valence-corrected chi connectivity index (χ4v) is 2.72. The van der Waals surface area contributed by atoms with Crippen molar-refractivity contribution in [3.63, 3.8) is 0 Å². The number of aromatic nitrogens is 5. The Labute approximate surface area is 190 Å². The van der Waals surface area contributed by atoms with Gasteiger partial charge in [-0.2, -0.15) is 30.3 Å². The van der Waals surface area contributed by atoms with E-state index in [9.17, 15) is 4.79 Å². The molecule has 0 aliphatic heterocycles. The van der Waals surface area contributed by atoms with Crippen molar-refractivity contribution >= 4 is 5.91 Å². The summed E-state index contributed by atoms with van der Waals surface area (Å²) in [6.07, 6.45) is 3.32. The molecular weight excluding hydrogens is 432 g/mol. The van der Waals surface area contributed by atoms with E-state index in [2.05, 4.69) is 25.6 Å². The van der Waals surface area contributed by atoms with Crippen LogP contribution < -0.4 is 5.43 Å². The summed E-state index contributed by atoms with van der Waals surface area (Å²) < 4.78 is 1.51. The van der Waals surface area contributed by atoms with Gasteiger partial charge in [0.1, 0.15) is 11.4 Å². The van der Waals surface area contributed by atoms with Gasteiger partial charge in [0.25, 0.3) is 0 Å². The molecule has 7 nitrogen and oxygen atoms in total. The smallest absolute Gasteiger partial charge is 0.214 e. The quantitative estimate of drug-likeness (QED) is 0.332. The fraction of sp³-hybridized carbons (Fsp3) is 0. The van der Waals surface area contributed by atoms with Gasteiger partial charge in [-0.15, -0.1) is 10.2 Å². The zero-order valence-electron chi connectivity index (χ0n) is 16.3. The minimum absolute atomic E-state index is 0. The van der Waals surface area contributed by atoms with Gasteiger partial charge in [-0.05, 0) is 24.3 Å². The summed E-state index contributed by atoms with van der Waals surface area (Å²) >= 11 is 0. The van der Waals surface area contributed by atoms with Gasteiger partial charge in [0.2, 0.25) is 17.6 Å². The van der Waals surface area contributed by atoms with E-state index in [0.29, 0.717) is 28.6 Å². The van der Waals surface area contributed by atoms with Gasteiger partial charge < -0.3 is 0 Å². The first-order valence-electron chi connectivity index (χ1n) is 9.31. The molecule has 0 aliphatic rings. The summed E-state index contributed by atoms with van der Waals surface area (Å²) in [5, 5.41) is 8.39. The van der Waals surface area contributed by atoms with Crippen LogP contribution >= 0.6 is 0 Å². The minimum atomic E-state index is -0.265. The molecule has 5 aromatic rings. The van der Waals surface area contributed by atoms with Crippen LogP contribution in [0.15, 0.2) is 103 Å². The van der Waals surface area contributed by atoms with Crippen LogP contribution in [0.25, 0.3) is 23.0 Å². The molecule has 0 spiro atoms. The number of nitrogens with zero attached hydrogens (tertiary/aromatic N) is 5. The topological polar surface area (TPSA) is 85.6 Å². The van der Waals surface area contributed by atoms with Crippen LogP contribution in [-0.4, -0.2) is 30.7 Å². The van der Waals surface area contributed by atoms with E-state index in [-0.39, 0.29) is 23.0 Å². The van der Waals surface area contributed by atoms with Crippen LogP contribution in [0.1, 0.15) is 10.4 Å². The molecule has 2 aromatic carbocycles. The van der Waals surface area contributed by atoms with Crippen LogP contribution in [0.5, 0.6) is 0 Å². The summed E-state index contributed by atoms with van der Waals surface area (Å²) in [5.74, 6) is 0.599. The van der Waals surface area contributed by atoms with Gasteiger partial charge in [-0.1, -0.05) is 17.7 Å². The van der Waals surface area contributed by atoms with Crippen molar-refractivity contribution in [3.8, 4) is 23.0 Å². The molecule has 1 N–H and O–H groups in total. The van der Waals surface area contributed by atoms with Crippen LogP contribution in [0.3, 0.4) is 0 Å². The first-order valence-corrected chi connectivity index (χ1v) is 9.31. The molecule has 3 heterocycles. The Hall–Kier alpha value is -3.87. The Bertz CT molecular complexity index is 1100. The van der Waals surface area contributed by atoms with Crippen LogP contribution in [-0.2, 0) is 17.1 Å². The van der Waals surface area contributed by atoms with E-state index in [1.165, 1.54) is 4.68 Å². The molecule has 1 amide bonds. The average molecular weight is 450 g/mol. The van der Waals surface area contributed by atoms with Crippen LogP contribution in [0.4, 0.5) is 0 Å². The second-order valence-electron chi connectivity index (χ2n) is 6.19. The third-order valence-corrected chi connectivity index (χ3v) is 4.14. The molecule has 0 aliphatic carbocycles. The van der Waals surface area contributed by atoms with Crippen molar-refractivity contribution in [1.29, 1.82) is 0 Å². The summed E-state index contributed by atoms with van der Waals surface area (Å²) in [4.78, 5) is 21.1. The van der Waals surface area contributed by atoms with Crippen molar-refractivity contribution in [2.45, 2.75) is 0 Å². The summed E-state index contributed by atoms with van der Waals surface area (Å²) in [6.45, 7) is 0. The van der Waals surface area contributed by atoms with E-state index in [1.54, 1.807) is 48.8 Å². The Morgan fingerprint density at radius 1 is 0.806 bits per heavy atom. The zero-order chi connectivity index (χ0) is 20.6. The standard InChI is InChI=1S/C18H13N6O.C5H5.Fe/c25-18(13-7-1-2-8-13)23-24-16(14-9-3-5-11-19-14)21-22-17(24)15-10-4-6-12-20-15;1-2-4-5-3-1;/h1-12H,(H,23,25);1-5H;/q2*-1;. The summed E-state index contributed by atoms with van der Waals surface area (Å²) in [7, 11) is 0. The van der Waals surface area contributed by atoms with E-state index < -0.39 is 0 Å². The molecule has 31 heavy (non-hydrogen) atoms. The number of nitrogens with one attached hydrogen (secondary N) is 1. The molecule has 0 unspecified atom stereocenters. The number of carbonyl (C=O) groups excluding carboxylic acids is 1. The van der Waals surface area contributed by atoms with Crippen molar-refractivity contribution in [3.05, 3.63) is 109 Å². The Kier molecular flexibility index (Phi) is 7.59. The van der Waals surface area contributed by atoms with Gasteiger partial charge in [0.05, 0.1) is 0 Å². The van der Waals surface area contributed by atoms with Gasteiger partial charge in [0.15, 0.2) is 0 Å². The summed E-state index contributed by atoms with van der Waals surface area (Å²) in [5.41, 5.74) is 4.57. The van der Waals surface area contributed by atoms with Crippen molar-refractivity contribution in [2.75, 3.05) is 5.43 Å². The first kappa shape index (κ1) is 21.8. The predicted molar refractivity (Wildman–Crippen MR) is 114 cm³/mol. The number of hydrogen-bond donors (Lipinski definition) is 1. The third kappa shape index (κ3) is 5.39. The van der Waals surface area contributed by atoms with E-state index in [0.717, 1.165) is 0 Å². The van der Waals surface area contributed by atoms with E-state index in [4.69, 9.17) is 0 Å². The number of amides is 1. The molecule has 0 fully saturated rings. The normalized spacial score (nSPS) is 9.81. The van der Waals surface area contributed by atoms with Crippen LogP contribution in [0, 0.1) is 0 Å². The average Bonchev–Trinajstić information content (AvgIpc) is 3.59. The molecular formula is C23H18FeN6O-2. The van der Waals surface area contributed by atoms with Gasteiger partial charge >= 0.3 is 0 Å². The molecule has 0 saturated heterocycles. The van der Waals surface area contributed by atoms with Crippen molar-refractivity contribution < 1.29 is 21.9 Å². The second kappa shape index (κ2) is 10.8. The van der Waals surface area contributed by atoms with Gasteiger partial charge in [-0.3, -0.25) is 20.2 Å². The number of pyridine rings is 2. The molecule has 0 radical (unpaired) electrons. The zero-order valence-corrected chi connectivity index (χ0v) is 17.4. The minimum Gasteiger partial charge on any atom is -0.283 e. The maximum absolute atomic E-state index is 12.5. The molecule has 156 valence electrons. The summed E-state index contributed by atoms with van der Waals surface area (Å²) in [6, 6.07) is 28.0. The maximum Gasteiger partial charge on any atom is 0.214 e. The molecule has 0 saturated carbocycles. The number of rotatable bonds is 4. The third-order valence-electron chi connectivity index (χ3n) is 4.14. The largest absolute Gasteiger partial charge is 0.283 e. The molecule has 8 heteroatoms. The second-order valence-corrected chi connectivity index (χ2v) is 6.19. The molecule has 5 rings (SSSR count). The first-order chi connectivity index (χ1) is 14.8. The SMILES string of the molecule is O=C(Nn1c(-c2ccccn2)nnc1-c1ccccn1)[c-]1cccc1.[Fe].c1cc[cH-]c1. The molecule has 0 atom stereocenters. The number of carbonyl (C=O) groups is 1. The van der Waals surface area contributed by atoms with Crippen molar-refractivity contribution in [2.24, 2.45) is 0 Å². The Morgan fingerprint density at radius 3 is 1.77 bits per heavy atom. The fourth-order valence-electron chi connectivity index (χ4n) is 2.72. The molecule has 0 bridgehead atoms. The van der Waals surface area contributed by atoms with Gasteiger partial charge in [-0.25, -0.2) is 28.9 Å². The van der Waals surface area contributed by atoms with Gasteiger partial charge in [0, 0.05) is 29.5 Å². The van der Waals surface area contributed by atoms with E-state index in [1.807, 2.05) is 54.6 Å². The Morgan fingerprint density at radius 2 is 1.35 bits per heavy atom.